The summed E-state index contributed by atoms with van der Waals surface area (Å²) in [7, 11) is 1.81. The number of furan rings is 1. The topological polar surface area (TPSA) is 52.8 Å². The zero-order chi connectivity index (χ0) is 17.5. The molecule has 0 spiro atoms. The maximum Gasteiger partial charge on any atom is 0.191 e. The van der Waals surface area contributed by atoms with E-state index in [1.807, 2.05) is 13.1 Å². The van der Waals surface area contributed by atoms with E-state index in [1.165, 1.54) is 24.1 Å². The van der Waals surface area contributed by atoms with Gasteiger partial charge in [0.15, 0.2) is 5.96 Å². The van der Waals surface area contributed by atoms with Gasteiger partial charge in [0.2, 0.25) is 0 Å². The number of likely N-dealkylation sites (tertiary alicyclic amines) is 1. The molecule has 0 amide bonds. The van der Waals surface area contributed by atoms with Crippen molar-refractivity contribution < 1.29 is 4.42 Å². The number of hydrogen-bond donors (Lipinski definition) is 2. The van der Waals surface area contributed by atoms with Gasteiger partial charge in [0, 0.05) is 28.3 Å². The summed E-state index contributed by atoms with van der Waals surface area (Å²) in [6.07, 6.45) is 5.61. The van der Waals surface area contributed by atoms with Crippen molar-refractivity contribution >= 4 is 57.2 Å². The Bertz CT molecular complexity index is 671. The van der Waals surface area contributed by atoms with Gasteiger partial charge in [-0.25, -0.2) is 0 Å². The first-order chi connectivity index (χ1) is 12.3. The van der Waals surface area contributed by atoms with Crippen LogP contribution in [0.3, 0.4) is 0 Å². The van der Waals surface area contributed by atoms with Gasteiger partial charge >= 0.3 is 0 Å². The van der Waals surface area contributed by atoms with Crippen molar-refractivity contribution in [2.75, 3.05) is 26.7 Å². The third kappa shape index (κ3) is 6.24. The molecule has 0 aliphatic carbocycles. The molecule has 1 saturated heterocycles. The van der Waals surface area contributed by atoms with Crippen LogP contribution in [-0.4, -0.2) is 37.5 Å². The quantitative estimate of drug-likeness (QED) is 0.312. The maximum absolute atomic E-state index is 5.70. The molecule has 3 heterocycles. The number of rotatable bonds is 6. The highest BCUT2D eigenvalue weighted by atomic mass is 127. The molecular formula is C18H26BrIN4OS. The minimum Gasteiger partial charge on any atom is -0.468 e. The first-order valence-corrected chi connectivity index (χ1v) is 10.4. The first kappa shape index (κ1) is 21.7. The Morgan fingerprint density at radius 2 is 2.15 bits per heavy atom. The van der Waals surface area contributed by atoms with E-state index in [0.29, 0.717) is 0 Å². The molecule has 2 aromatic rings. The average molecular weight is 553 g/mol. The SMILES string of the molecule is CN=C(NCc1cc(Br)cs1)NCC(c1ccco1)N1CCCCC1.I. The van der Waals surface area contributed by atoms with Crippen LogP contribution in [0.1, 0.15) is 35.9 Å². The van der Waals surface area contributed by atoms with E-state index in [9.17, 15) is 0 Å². The molecule has 3 rings (SSSR count). The van der Waals surface area contributed by atoms with Crippen LogP contribution in [-0.2, 0) is 6.54 Å². The normalized spacial score (nSPS) is 16.8. The number of hydrogen-bond acceptors (Lipinski definition) is 4. The lowest BCUT2D eigenvalue weighted by atomic mass is 10.1. The summed E-state index contributed by atoms with van der Waals surface area (Å²) in [5.41, 5.74) is 0. The summed E-state index contributed by atoms with van der Waals surface area (Å²) in [6.45, 7) is 3.80. The van der Waals surface area contributed by atoms with Gasteiger partial charge in [-0.15, -0.1) is 35.3 Å². The number of nitrogens with one attached hydrogen (secondary N) is 2. The molecule has 26 heavy (non-hydrogen) atoms. The van der Waals surface area contributed by atoms with Crippen molar-refractivity contribution in [3.63, 3.8) is 0 Å². The highest BCUT2D eigenvalue weighted by Gasteiger charge is 2.24. The summed E-state index contributed by atoms with van der Waals surface area (Å²) >= 11 is 5.22. The van der Waals surface area contributed by atoms with Gasteiger partial charge in [0.1, 0.15) is 5.76 Å². The first-order valence-electron chi connectivity index (χ1n) is 8.71. The second-order valence-corrected chi connectivity index (χ2v) is 8.08. The molecule has 2 N–H and O–H groups in total. The van der Waals surface area contributed by atoms with Gasteiger partial charge in [0.05, 0.1) is 18.8 Å². The number of nitrogens with zero attached hydrogens (tertiary/aromatic N) is 2. The zero-order valence-corrected chi connectivity index (χ0v) is 19.6. The molecule has 0 radical (unpaired) electrons. The van der Waals surface area contributed by atoms with Crippen molar-refractivity contribution in [2.45, 2.75) is 31.8 Å². The van der Waals surface area contributed by atoms with Crippen LogP contribution in [0.2, 0.25) is 0 Å². The van der Waals surface area contributed by atoms with Crippen molar-refractivity contribution in [1.82, 2.24) is 15.5 Å². The van der Waals surface area contributed by atoms with Crippen LogP contribution in [0.15, 0.2) is 43.7 Å². The molecule has 1 fully saturated rings. The second kappa shape index (κ2) is 11.3. The Morgan fingerprint density at radius 1 is 1.35 bits per heavy atom. The number of halogens is 2. The third-order valence-electron chi connectivity index (χ3n) is 4.44. The highest BCUT2D eigenvalue weighted by Crippen LogP contribution is 2.24. The van der Waals surface area contributed by atoms with Gasteiger partial charge in [-0.05, 0) is 60.1 Å². The fourth-order valence-corrected chi connectivity index (χ4v) is 4.54. The molecule has 8 heteroatoms. The number of guanidine groups is 1. The molecule has 0 bridgehead atoms. The summed E-state index contributed by atoms with van der Waals surface area (Å²) in [4.78, 5) is 8.13. The molecule has 144 valence electrons. The van der Waals surface area contributed by atoms with Crippen LogP contribution in [0, 0.1) is 0 Å². The summed E-state index contributed by atoms with van der Waals surface area (Å²) < 4.78 is 6.83. The third-order valence-corrected chi connectivity index (χ3v) is 6.14. The smallest absolute Gasteiger partial charge is 0.191 e. The van der Waals surface area contributed by atoms with Crippen LogP contribution < -0.4 is 10.6 Å². The lowest BCUT2D eigenvalue weighted by molar-refractivity contribution is 0.146. The zero-order valence-electron chi connectivity index (χ0n) is 14.9. The Labute approximate surface area is 184 Å². The maximum atomic E-state index is 5.70. The van der Waals surface area contributed by atoms with E-state index in [-0.39, 0.29) is 30.0 Å². The number of thiophene rings is 1. The Kier molecular flexibility index (Phi) is 9.44. The van der Waals surface area contributed by atoms with Gasteiger partial charge in [0.25, 0.3) is 0 Å². The summed E-state index contributed by atoms with van der Waals surface area (Å²) in [5.74, 6) is 1.84. The molecule has 1 atom stereocenters. The molecule has 1 unspecified atom stereocenters. The minimum atomic E-state index is 0. The second-order valence-electron chi connectivity index (χ2n) is 6.17. The van der Waals surface area contributed by atoms with Crippen molar-refractivity contribution in [3.05, 3.63) is 45.0 Å². The Morgan fingerprint density at radius 3 is 2.77 bits per heavy atom. The van der Waals surface area contributed by atoms with E-state index < -0.39 is 0 Å². The van der Waals surface area contributed by atoms with E-state index >= 15 is 0 Å². The van der Waals surface area contributed by atoms with E-state index in [4.69, 9.17) is 4.42 Å². The summed E-state index contributed by atoms with van der Waals surface area (Å²) in [6, 6.07) is 6.41. The van der Waals surface area contributed by atoms with Gasteiger partial charge in [-0.1, -0.05) is 6.42 Å². The standard InChI is InChI=1S/C18H25BrN4OS.HI/c1-20-18(21-11-15-10-14(19)13-25-15)22-12-16(17-6-5-9-24-17)23-7-3-2-4-8-23;/h5-6,9-10,13,16H,2-4,7-8,11-12H2,1H3,(H2,20,21,22);1H. The van der Waals surface area contributed by atoms with Gasteiger partial charge in [-0.2, -0.15) is 0 Å². The van der Waals surface area contributed by atoms with Gasteiger partial charge in [-0.3, -0.25) is 9.89 Å². The Hall–Kier alpha value is -0.580. The van der Waals surface area contributed by atoms with Crippen LogP contribution in [0.4, 0.5) is 0 Å². The molecule has 5 nitrogen and oxygen atoms in total. The van der Waals surface area contributed by atoms with Crippen LogP contribution >= 0.6 is 51.2 Å². The monoisotopic (exact) mass is 552 g/mol. The highest BCUT2D eigenvalue weighted by molar-refractivity contribution is 14.0. The van der Waals surface area contributed by atoms with Crippen molar-refractivity contribution in [1.29, 1.82) is 0 Å². The predicted octanol–water partition coefficient (Wildman–Crippen LogP) is 4.61. The molecule has 1 aliphatic heterocycles. The van der Waals surface area contributed by atoms with E-state index in [0.717, 1.165) is 42.4 Å². The Balaban J connectivity index is 0.00000243. The minimum absolute atomic E-state index is 0. The molecule has 0 aromatic carbocycles. The molecule has 1 aliphatic rings. The molecule has 0 saturated carbocycles. The van der Waals surface area contributed by atoms with E-state index in [2.05, 4.69) is 54.0 Å². The largest absolute Gasteiger partial charge is 0.468 e. The van der Waals surface area contributed by atoms with Crippen molar-refractivity contribution in [2.24, 2.45) is 4.99 Å². The average Bonchev–Trinajstić information content (AvgIpc) is 3.31. The summed E-state index contributed by atoms with van der Waals surface area (Å²) in [5, 5.41) is 8.94. The fraction of sp³-hybridized carbons (Fsp3) is 0.500. The number of aliphatic imine (C=N–C) groups is 1. The fourth-order valence-electron chi connectivity index (χ4n) is 3.15. The lowest BCUT2D eigenvalue weighted by Crippen LogP contribution is -2.44. The van der Waals surface area contributed by atoms with Gasteiger partial charge < -0.3 is 15.1 Å². The number of piperidine rings is 1. The predicted molar refractivity (Wildman–Crippen MR) is 123 cm³/mol. The van der Waals surface area contributed by atoms with Crippen molar-refractivity contribution in [3.8, 4) is 0 Å². The van der Waals surface area contributed by atoms with Crippen LogP contribution in [0.25, 0.3) is 0 Å². The molecular weight excluding hydrogens is 527 g/mol. The lowest BCUT2D eigenvalue weighted by Gasteiger charge is -2.33. The molecule has 2 aromatic heterocycles. The van der Waals surface area contributed by atoms with E-state index in [1.54, 1.807) is 17.6 Å². The van der Waals surface area contributed by atoms with Crippen LogP contribution in [0.5, 0.6) is 0 Å².